The molecule has 2 heterocycles. The zero-order chi connectivity index (χ0) is 20.1. The zero-order valence-electron chi connectivity index (χ0n) is 16.0. The van der Waals surface area contributed by atoms with Crippen molar-refractivity contribution in [1.29, 1.82) is 0 Å². The number of aromatic nitrogens is 2. The molecule has 29 heavy (non-hydrogen) atoms. The molecule has 2 aromatic carbocycles. The van der Waals surface area contributed by atoms with Crippen LogP contribution in [0.1, 0.15) is 26.3 Å². The van der Waals surface area contributed by atoms with Crippen molar-refractivity contribution < 1.29 is 14.3 Å². The van der Waals surface area contributed by atoms with Crippen LogP contribution in [0.5, 0.6) is 0 Å². The van der Waals surface area contributed by atoms with E-state index in [9.17, 15) is 9.59 Å². The molecule has 1 aromatic heterocycles. The molecule has 2 amide bonds. The summed E-state index contributed by atoms with van der Waals surface area (Å²) in [6, 6.07) is 16.3. The van der Waals surface area contributed by atoms with Crippen LogP contribution in [0.2, 0.25) is 0 Å². The van der Waals surface area contributed by atoms with Crippen LogP contribution in [0.3, 0.4) is 0 Å². The van der Waals surface area contributed by atoms with Gasteiger partial charge in [0.2, 0.25) is 0 Å². The Kier molecular flexibility index (Phi) is 5.67. The Morgan fingerprint density at radius 1 is 1.00 bits per heavy atom. The number of ether oxygens (including phenoxy) is 1. The van der Waals surface area contributed by atoms with Crippen LogP contribution in [0.15, 0.2) is 67.0 Å². The van der Waals surface area contributed by atoms with E-state index in [1.54, 1.807) is 47.5 Å². The van der Waals surface area contributed by atoms with Gasteiger partial charge < -0.3 is 15.0 Å². The summed E-state index contributed by atoms with van der Waals surface area (Å²) >= 11 is 0. The van der Waals surface area contributed by atoms with E-state index in [4.69, 9.17) is 4.74 Å². The van der Waals surface area contributed by atoms with Crippen molar-refractivity contribution in [3.05, 3.63) is 83.7 Å². The predicted molar refractivity (Wildman–Crippen MR) is 109 cm³/mol. The number of carbonyl (C=O) groups excluding carboxylic acids is 2. The van der Waals surface area contributed by atoms with E-state index >= 15 is 0 Å². The number of rotatable bonds is 5. The lowest BCUT2D eigenvalue weighted by atomic mass is 10.1. The maximum atomic E-state index is 12.8. The van der Waals surface area contributed by atoms with E-state index in [0.29, 0.717) is 49.7 Å². The first kappa shape index (κ1) is 18.9. The molecule has 1 aliphatic heterocycles. The van der Waals surface area contributed by atoms with Crippen LogP contribution < -0.4 is 5.32 Å². The summed E-state index contributed by atoms with van der Waals surface area (Å²) in [5, 5.41) is 7.06. The molecular formula is C22H22N4O3. The molecule has 1 saturated heterocycles. The lowest BCUT2D eigenvalue weighted by molar-refractivity contribution is 0.0303. The van der Waals surface area contributed by atoms with Gasteiger partial charge in [0.15, 0.2) is 0 Å². The lowest BCUT2D eigenvalue weighted by Gasteiger charge is -2.27. The van der Waals surface area contributed by atoms with Crippen LogP contribution >= 0.6 is 0 Å². The number of hydrogen-bond acceptors (Lipinski definition) is 4. The summed E-state index contributed by atoms with van der Waals surface area (Å²) in [7, 11) is 0. The molecule has 0 unspecified atom stereocenters. The van der Waals surface area contributed by atoms with Crippen molar-refractivity contribution in [3.8, 4) is 0 Å². The van der Waals surface area contributed by atoms with Crippen LogP contribution in [-0.2, 0) is 11.3 Å². The van der Waals surface area contributed by atoms with Gasteiger partial charge in [-0.2, -0.15) is 5.10 Å². The normalized spacial score (nSPS) is 13.9. The van der Waals surface area contributed by atoms with Crippen molar-refractivity contribution in [3.63, 3.8) is 0 Å². The van der Waals surface area contributed by atoms with Crippen molar-refractivity contribution in [1.82, 2.24) is 14.7 Å². The molecular weight excluding hydrogens is 368 g/mol. The van der Waals surface area contributed by atoms with Crippen LogP contribution in [0, 0.1) is 0 Å². The Morgan fingerprint density at radius 2 is 1.76 bits per heavy atom. The molecule has 0 aliphatic carbocycles. The zero-order valence-corrected chi connectivity index (χ0v) is 16.0. The average molecular weight is 390 g/mol. The minimum atomic E-state index is -0.252. The second-order valence-electron chi connectivity index (χ2n) is 6.80. The van der Waals surface area contributed by atoms with Crippen molar-refractivity contribution in [2.24, 2.45) is 0 Å². The highest BCUT2D eigenvalue weighted by atomic mass is 16.5. The van der Waals surface area contributed by atoms with Gasteiger partial charge in [-0.3, -0.25) is 14.3 Å². The molecule has 4 rings (SSSR count). The van der Waals surface area contributed by atoms with Crippen molar-refractivity contribution in [2.45, 2.75) is 6.54 Å². The van der Waals surface area contributed by atoms with Gasteiger partial charge in [-0.25, -0.2) is 0 Å². The van der Waals surface area contributed by atoms with Crippen molar-refractivity contribution in [2.75, 3.05) is 31.6 Å². The first-order valence-corrected chi connectivity index (χ1v) is 9.54. The van der Waals surface area contributed by atoms with Gasteiger partial charge in [-0.05, 0) is 35.9 Å². The Balaban J connectivity index is 1.46. The minimum Gasteiger partial charge on any atom is -0.378 e. The average Bonchev–Trinajstić information content (AvgIpc) is 3.28. The summed E-state index contributed by atoms with van der Waals surface area (Å²) in [4.78, 5) is 27.3. The van der Waals surface area contributed by atoms with Crippen LogP contribution in [0.25, 0.3) is 0 Å². The summed E-state index contributed by atoms with van der Waals surface area (Å²) in [6.07, 6.45) is 3.63. The van der Waals surface area contributed by atoms with E-state index in [2.05, 4.69) is 10.4 Å². The third kappa shape index (κ3) is 4.52. The molecule has 0 radical (unpaired) electrons. The molecule has 0 saturated carbocycles. The quantitative estimate of drug-likeness (QED) is 0.727. The van der Waals surface area contributed by atoms with Gasteiger partial charge in [0.05, 0.1) is 31.0 Å². The molecule has 0 bridgehead atoms. The summed E-state index contributed by atoms with van der Waals surface area (Å²) < 4.78 is 7.13. The Bertz CT molecular complexity index is 978. The monoisotopic (exact) mass is 390 g/mol. The predicted octanol–water partition coefficient (Wildman–Crippen LogP) is 2.66. The van der Waals surface area contributed by atoms with E-state index in [1.807, 2.05) is 29.1 Å². The number of para-hydroxylation sites is 1. The number of amides is 2. The lowest BCUT2D eigenvalue weighted by Crippen LogP contribution is -2.41. The van der Waals surface area contributed by atoms with Gasteiger partial charge >= 0.3 is 0 Å². The summed E-state index contributed by atoms with van der Waals surface area (Å²) in [5.41, 5.74) is 2.57. The Labute approximate surface area is 168 Å². The summed E-state index contributed by atoms with van der Waals surface area (Å²) in [6.45, 7) is 2.82. The highest BCUT2D eigenvalue weighted by Crippen LogP contribution is 2.19. The first-order valence-electron chi connectivity index (χ1n) is 9.54. The second-order valence-corrected chi connectivity index (χ2v) is 6.80. The molecule has 3 aromatic rings. The van der Waals surface area contributed by atoms with Gasteiger partial charge in [0, 0.05) is 31.0 Å². The molecule has 0 atom stereocenters. The molecule has 7 heteroatoms. The standard InChI is InChI=1S/C22H22N4O3/c27-21(18-8-6-17(7-9-18)16-26-11-3-10-23-26)24-20-5-2-1-4-19(20)22(28)25-12-14-29-15-13-25/h1-11H,12-16H2,(H,24,27). The number of anilines is 1. The molecule has 0 spiro atoms. The third-order valence-corrected chi connectivity index (χ3v) is 4.82. The fourth-order valence-corrected chi connectivity index (χ4v) is 3.25. The Morgan fingerprint density at radius 3 is 2.48 bits per heavy atom. The fraction of sp³-hybridized carbons (Fsp3) is 0.227. The largest absolute Gasteiger partial charge is 0.378 e. The molecule has 1 N–H and O–H groups in total. The Hall–Kier alpha value is -3.45. The maximum Gasteiger partial charge on any atom is 0.256 e. The minimum absolute atomic E-state index is 0.0984. The molecule has 148 valence electrons. The molecule has 7 nitrogen and oxygen atoms in total. The molecule has 1 aliphatic rings. The smallest absolute Gasteiger partial charge is 0.256 e. The van der Waals surface area contributed by atoms with E-state index < -0.39 is 0 Å². The van der Waals surface area contributed by atoms with Gasteiger partial charge in [0.1, 0.15) is 0 Å². The van der Waals surface area contributed by atoms with Crippen LogP contribution in [0.4, 0.5) is 5.69 Å². The number of hydrogen-bond donors (Lipinski definition) is 1. The number of benzene rings is 2. The van der Waals surface area contributed by atoms with Gasteiger partial charge in [-0.15, -0.1) is 0 Å². The highest BCUT2D eigenvalue weighted by Gasteiger charge is 2.21. The third-order valence-electron chi connectivity index (χ3n) is 4.82. The highest BCUT2D eigenvalue weighted by molar-refractivity contribution is 6.09. The second kappa shape index (κ2) is 8.70. The SMILES string of the molecule is O=C(Nc1ccccc1C(=O)N1CCOCC1)c1ccc(Cn2cccn2)cc1. The van der Waals surface area contributed by atoms with Crippen molar-refractivity contribution >= 4 is 17.5 Å². The van der Waals surface area contributed by atoms with Gasteiger partial charge in [-0.1, -0.05) is 24.3 Å². The topological polar surface area (TPSA) is 76.5 Å². The van der Waals surface area contributed by atoms with E-state index in [-0.39, 0.29) is 11.8 Å². The number of carbonyl (C=O) groups is 2. The number of nitrogens with one attached hydrogen (secondary N) is 1. The van der Waals surface area contributed by atoms with E-state index in [0.717, 1.165) is 5.56 Å². The number of morpholine rings is 1. The fourth-order valence-electron chi connectivity index (χ4n) is 3.25. The first-order chi connectivity index (χ1) is 14.2. The molecule has 1 fully saturated rings. The maximum absolute atomic E-state index is 12.8. The number of nitrogens with zero attached hydrogens (tertiary/aromatic N) is 3. The van der Waals surface area contributed by atoms with Gasteiger partial charge in [0.25, 0.3) is 11.8 Å². The summed E-state index contributed by atoms with van der Waals surface area (Å²) in [5.74, 6) is -0.350. The van der Waals surface area contributed by atoms with E-state index in [1.165, 1.54) is 0 Å². The van der Waals surface area contributed by atoms with Crippen LogP contribution in [-0.4, -0.2) is 52.8 Å².